The van der Waals surface area contributed by atoms with Crippen LogP contribution in [0.4, 0.5) is 11.4 Å². The summed E-state index contributed by atoms with van der Waals surface area (Å²) in [6.07, 6.45) is 0. The third-order valence-corrected chi connectivity index (χ3v) is 3.69. The maximum absolute atomic E-state index is 12.1. The van der Waals surface area contributed by atoms with Crippen molar-refractivity contribution in [3.63, 3.8) is 0 Å². The summed E-state index contributed by atoms with van der Waals surface area (Å²) in [5.41, 5.74) is 0.898. The van der Waals surface area contributed by atoms with Crippen molar-refractivity contribution in [2.45, 2.75) is 6.54 Å². The molecule has 1 aliphatic heterocycles. The highest BCUT2D eigenvalue weighted by Crippen LogP contribution is 2.33. The van der Waals surface area contributed by atoms with Crippen LogP contribution >= 0.6 is 11.6 Å². The Hall–Kier alpha value is -2.73. The Morgan fingerprint density at radius 3 is 2.59 bits per heavy atom. The Kier molecular flexibility index (Phi) is 3.38. The minimum absolute atomic E-state index is 0.0453. The van der Waals surface area contributed by atoms with E-state index in [1.165, 1.54) is 17.0 Å². The minimum Gasteiger partial charge on any atom is -0.300 e. The highest BCUT2D eigenvalue weighted by molar-refractivity contribution is 6.52. The fourth-order valence-electron chi connectivity index (χ4n) is 2.42. The Balaban J connectivity index is 2.03. The topological polar surface area (TPSA) is 80.5 Å². The van der Waals surface area contributed by atoms with Crippen molar-refractivity contribution < 1.29 is 14.5 Å². The van der Waals surface area contributed by atoms with Crippen LogP contribution in [0.3, 0.4) is 0 Å². The number of para-hydroxylation sites is 1. The van der Waals surface area contributed by atoms with Crippen molar-refractivity contribution in [3.05, 3.63) is 68.7 Å². The van der Waals surface area contributed by atoms with E-state index in [1.807, 2.05) is 0 Å². The Morgan fingerprint density at radius 1 is 1.14 bits per heavy atom. The van der Waals surface area contributed by atoms with Crippen LogP contribution in [-0.4, -0.2) is 16.6 Å². The summed E-state index contributed by atoms with van der Waals surface area (Å²) in [5.74, 6) is -1.37. The van der Waals surface area contributed by atoms with Crippen LogP contribution in [0.2, 0.25) is 5.02 Å². The molecule has 2 aromatic rings. The fourth-order valence-corrected chi connectivity index (χ4v) is 2.59. The predicted molar refractivity (Wildman–Crippen MR) is 80.1 cm³/mol. The van der Waals surface area contributed by atoms with E-state index < -0.39 is 16.6 Å². The summed E-state index contributed by atoms with van der Waals surface area (Å²) in [5, 5.41) is 11.4. The number of hydrogen-bond donors (Lipinski definition) is 0. The number of carbonyl (C=O) groups is 2. The zero-order valence-corrected chi connectivity index (χ0v) is 11.9. The van der Waals surface area contributed by atoms with Gasteiger partial charge in [-0.3, -0.25) is 19.7 Å². The quantitative estimate of drug-likeness (QED) is 0.495. The molecule has 0 atom stereocenters. The monoisotopic (exact) mass is 316 g/mol. The predicted octanol–water partition coefficient (Wildman–Crippen LogP) is 2.98. The van der Waals surface area contributed by atoms with Crippen LogP contribution in [0.15, 0.2) is 42.5 Å². The molecule has 0 unspecified atom stereocenters. The molecule has 0 aromatic heterocycles. The van der Waals surface area contributed by atoms with Gasteiger partial charge in [0.1, 0.15) is 0 Å². The molecule has 3 rings (SSSR count). The Labute approximate surface area is 130 Å². The van der Waals surface area contributed by atoms with Gasteiger partial charge in [0.15, 0.2) is 0 Å². The van der Waals surface area contributed by atoms with Crippen LogP contribution in [0, 0.1) is 10.1 Å². The number of carbonyl (C=O) groups excluding carboxylic acids is 2. The number of benzene rings is 2. The first-order valence-electron chi connectivity index (χ1n) is 6.37. The maximum Gasteiger partial charge on any atom is 0.299 e. The molecular formula is C15H9ClN2O4. The SMILES string of the molecule is O=C1C(=O)N(Cc2ccccc2[N+](=O)[O-])c2ccc(Cl)cc21. The van der Waals surface area contributed by atoms with Crippen LogP contribution in [0.5, 0.6) is 0 Å². The van der Waals surface area contributed by atoms with Gasteiger partial charge in [-0.15, -0.1) is 0 Å². The first kappa shape index (κ1) is 14.2. The number of nitro groups is 1. The zero-order chi connectivity index (χ0) is 15.9. The molecule has 0 N–H and O–H groups in total. The normalized spacial score (nSPS) is 13.4. The Bertz CT molecular complexity index is 819. The standard InChI is InChI=1S/C15H9ClN2O4/c16-10-5-6-13-11(7-10)14(19)15(20)17(13)8-9-3-1-2-4-12(9)18(21)22/h1-7H,8H2. The van der Waals surface area contributed by atoms with Gasteiger partial charge in [-0.05, 0) is 18.2 Å². The number of rotatable bonds is 3. The van der Waals surface area contributed by atoms with Crippen molar-refractivity contribution in [3.8, 4) is 0 Å². The number of hydrogen-bond acceptors (Lipinski definition) is 4. The van der Waals surface area contributed by atoms with Crippen LogP contribution in [0.25, 0.3) is 0 Å². The van der Waals surface area contributed by atoms with Crippen LogP contribution in [-0.2, 0) is 11.3 Å². The number of fused-ring (bicyclic) bond motifs is 1. The molecule has 1 aliphatic rings. The van der Waals surface area contributed by atoms with E-state index in [0.29, 0.717) is 16.3 Å². The largest absolute Gasteiger partial charge is 0.300 e. The summed E-state index contributed by atoms with van der Waals surface area (Å²) in [4.78, 5) is 35.9. The molecule has 110 valence electrons. The number of nitro benzene ring substituents is 1. The molecule has 1 amide bonds. The maximum atomic E-state index is 12.1. The van der Waals surface area contributed by atoms with Crippen LogP contribution < -0.4 is 4.90 Å². The van der Waals surface area contributed by atoms with Crippen molar-refractivity contribution in [2.24, 2.45) is 0 Å². The molecule has 0 bridgehead atoms. The van der Waals surface area contributed by atoms with Gasteiger partial charge in [-0.25, -0.2) is 0 Å². The molecule has 6 nitrogen and oxygen atoms in total. The van der Waals surface area contributed by atoms with Gasteiger partial charge in [0.2, 0.25) is 0 Å². The number of ketones is 1. The van der Waals surface area contributed by atoms with Crippen molar-refractivity contribution in [1.82, 2.24) is 0 Å². The molecule has 2 aromatic carbocycles. The lowest BCUT2D eigenvalue weighted by Gasteiger charge is -2.16. The lowest BCUT2D eigenvalue weighted by atomic mass is 10.1. The number of Topliss-reactive ketones (excluding diaryl/α,β-unsaturated/α-hetero) is 1. The van der Waals surface area contributed by atoms with E-state index in [9.17, 15) is 19.7 Å². The third-order valence-electron chi connectivity index (χ3n) is 3.45. The molecule has 0 spiro atoms. The Morgan fingerprint density at radius 2 is 1.86 bits per heavy atom. The molecule has 0 aliphatic carbocycles. The van der Waals surface area contributed by atoms with Gasteiger partial charge in [0.05, 0.1) is 22.7 Å². The second-order valence-electron chi connectivity index (χ2n) is 4.77. The van der Waals surface area contributed by atoms with Gasteiger partial charge in [-0.2, -0.15) is 0 Å². The molecule has 0 saturated carbocycles. The third kappa shape index (κ3) is 2.23. The second-order valence-corrected chi connectivity index (χ2v) is 5.20. The first-order valence-corrected chi connectivity index (χ1v) is 6.75. The second kappa shape index (κ2) is 5.23. The van der Waals surface area contributed by atoms with Crippen molar-refractivity contribution in [2.75, 3.05) is 4.90 Å². The fraction of sp³-hybridized carbons (Fsp3) is 0.0667. The minimum atomic E-state index is -0.713. The van der Waals surface area contributed by atoms with Crippen molar-refractivity contribution in [1.29, 1.82) is 0 Å². The highest BCUT2D eigenvalue weighted by atomic mass is 35.5. The number of nitrogens with zero attached hydrogens (tertiary/aromatic N) is 2. The van der Waals surface area contributed by atoms with E-state index in [1.54, 1.807) is 30.3 Å². The van der Waals surface area contributed by atoms with E-state index in [2.05, 4.69) is 0 Å². The first-order chi connectivity index (χ1) is 10.5. The molecule has 0 fully saturated rings. The average molecular weight is 317 g/mol. The summed E-state index contributed by atoms with van der Waals surface area (Å²) >= 11 is 5.84. The smallest absolute Gasteiger partial charge is 0.299 e. The lowest BCUT2D eigenvalue weighted by Crippen LogP contribution is -2.29. The molecular weight excluding hydrogens is 308 g/mol. The van der Waals surface area contributed by atoms with Gasteiger partial charge >= 0.3 is 0 Å². The van der Waals surface area contributed by atoms with Crippen LogP contribution in [0.1, 0.15) is 15.9 Å². The summed E-state index contributed by atoms with van der Waals surface area (Å²) in [6.45, 7) is -0.0453. The average Bonchev–Trinajstić information content (AvgIpc) is 2.72. The van der Waals surface area contributed by atoms with E-state index in [-0.39, 0.29) is 17.8 Å². The lowest BCUT2D eigenvalue weighted by molar-refractivity contribution is -0.385. The summed E-state index contributed by atoms with van der Waals surface area (Å²) in [7, 11) is 0. The molecule has 0 radical (unpaired) electrons. The molecule has 0 saturated heterocycles. The molecule has 1 heterocycles. The van der Waals surface area contributed by atoms with Gasteiger partial charge in [0.25, 0.3) is 17.4 Å². The zero-order valence-electron chi connectivity index (χ0n) is 11.2. The van der Waals surface area contributed by atoms with Gasteiger partial charge < -0.3 is 4.90 Å². The highest BCUT2D eigenvalue weighted by Gasteiger charge is 2.36. The number of amides is 1. The summed E-state index contributed by atoms with van der Waals surface area (Å²) in [6, 6.07) is 10.7. The molecule has 7 heteroatoms. The number of halogens is 1. The van der Waals surface area contributed by atoms with E-state index >= 15 is 0 Å². The van der Waals surface area contributed by atoms with Gasteiger partial charge in [-0.1, -0.05) is 29.8 Å². The van der Waals surface area contributed by atoms with E-state index in [0.717, 1.165) is 0 Å². The summed E-state index contributed by atoms with van der Waals surface area (Å²) < 4.78 is 0. The molecule has 22 heavy (non-hydrogen) atoms. The van der Waals surface area contributed by atoms with Gasteiger partial charge in [0, 0.05) is 16.7 Å². The van der Waals surface area contributed by atoms with Crippen molar-refractivity contribution >= 4 is 34.7 Å². The number of anilines is 1. The van der Waals surface area contributed by atoms with E-state index in [4.69, 9.17) is 11.6 Å².